The summed E-state index contributed by atoms with van der Waals surface area (Å²) in [6, 6.07) is 0.200. The Morgan fingerprint density at radius 2 is 2.19 bits per heavy atom. The van der Waals surface area contributed by atoms with E-state index in [-0.39, 0.29) is 18.1 Å². The zero-order chi connectivity index (χ0) is 15.1. The summed E-state index contributed by atoms with van der Waals surface area (Å²) in [5, 5.41) is 12.6. The molecule has 1 amide bonds. The van der Waals surface area contributed by atoms with Crippen molar-refractivity contribution >= 4 is 5.91 Å². The number of aromatic nitrogens is 2. The molecule has 1 saturated carbocycles. The number of aliphatic hydroxyl groups is 1. The Kier molecular flexibility index (Phi) is 6.23. The van der Waals surface area contributed by atoms with Crippen LogP contribution in [0.4, 0.5) is 0 Å². The summed E-state index contributed by atoms with van der Waals surface area (Å²) in [7, 11) is 0. The second-order valence-corrected chi connectivity index (χ2v) is 6.14. The summed E-state index contributed by atoms with van der Waals surface area (Å²) in [4.78, 5) is 16.2. The van der Waals surface area contributed by atoms with Crippen LogP contribution in [0.3, 0.4) is 0 Å². The fraction of sp³-hybridized carbons (Fsp3) is 0.750. The number of rotatable bonds is 7. The average Bonchev–Trinajstić information content (AvgIpc) is 3.00. The molecule has 5 nitrogen and oxygen atoms in total. The quantitative estimate of drug-likeness (QED) is 0.810. The van der Waals surface area contributed by atoms with Crippen LogP contribution in [0, 0.1) is 5.92 Å². The lowest BCUT2D eigenvalue weighted by molar-refractivity contribution is -0.122. The Bertz CT molecular complexity index is 411. The van der Waals surface area contributed by atoms with Crippen molar-refractivity contribution in [1.82, 2.24) is 14.9 Å². The summed E-state index contributed by atoms with van der Waals surface area (Å²) in [5.41, 5.74) is 0. The highest BCUT2D eigenvalue weighted by Crippen LogP contribution is 2.23. The first-order valence-electron chi connectivity index (χ1n) is 8.11. The summed E-state index contributed by atoms with van der Waals surface area (Å²) in [6.07, 6.45) is 11.7. The number of nitrogens with one attached hydrogen (secondary N) is 1. The molecule has 1 heterocycles. The van der Waals surface area contributed by atoms with Crippen molar-refractivity contribution in [2.45, 2.75) is 64.0 Å². The number of carbonyl (C=O) groups excluding carboxylic acids is 1. The van der Waals surface area contributed by atoms with E-state index in [1.54, 1.807) is 12.5 Å². The highest BCUT2D eigenvalue weighted by molar-refractivity contribution is 5.76. The molecule has 0 aliphatic heterocycles. The van der Waals surface area contributed by atoms with Crippen LogP contribution >= 0.6 is 0 Å². The summed E-state index contributed by atoms with van der Waals surface area (Å²) >= 11 is 0. The van der Waals surface area contributed by atoms with Crippen molar-refractivity contribution in [2.24, 2.45) is 5.92 Å². The van der Waals surface area contributed by atoms with Crippen LogP contribution < -0.4 is 5.32 Å². The molecule has 1 aliphatic rings. The van der Waals surface area contributed by atoms with Crippen molar-refractivity contribution in [3.05, 3.63) is 18.7 Å². The highest BCUT2D eigenvalue weighted by Gasteiger charge is 2.20. The molecule has 1 aromatic rings. The third kappa shape index (κ3) is 5.16. The number of aliphatic hydroxyl groups excluding tert-OH is 1. The van der Waals surface area contributed by atoms with Crippen molar-refractivity contribution in [3.63, 3.8) is 0 Å². The van der Waals surface area contributed by atoms with Crippen LogP contribution in [0.1, 0.15) is 57.9 Å². The smallest absolute Gasteiger partial charge is 0.222 e. The number of hydrogen-bond donors (Lipinski definition) is 2. The number of amides is 1. The van der Waals surface area contributed by atoms with Crippen LogP contribution in [0.5, 0.6) is 0 Å². The first-order chi connectivity index (χ1) is 10.2. The molecule has 1 aliphatic carbocycles. The molecule has 0 aromatic carbocycles. The monoisotopic (exact) mass is 293 g/mol. The van der Waals surface area contributed by atoms with Crippen LogP contribution in [0.15, 0.2) is 18.7 Å². The number of imidazole rings is 1. The summed E-state index contributed by atoms with van der Waals surface area (Å²) in [6.45, 7) is 2.88. The molecule has 1 unspecified atom stereocenters. The molecule has 0 bridgehead atoms. The van der Waals surface area contributed by atoms with E-state index in [2.05, 4.69) is 17.2 Å². The average molecular weight is 293 g/mol. The molecule has 1 atom stereocenters. The molecule has 1 aromatic heterocycles. The van der Waals surface area contributed by atoms with E-state index in [9.17, 15) is 9.90 Å². The number of nitrogens with zero attached hydrogens (tertiary/aromatic N) is 2. The first-order valence-corrected chi connectivity index (χ1v) is 8.11. The molecule has 0 radical (unpaired) electrons. The van der Waals surface area contributed by atoms with E-state index >= 15 is 0 Å². The predicted molar refractivity (Wildman–Crippen MR) is 81.8 cm³/mol. The van der Waals surface area contributed by atoms with Gasteiger partial charge in [-0.25, -0.2) is 4.98 Å². The lowest BCUT2D eigenvalue weighted by Gasteiger charge is -2.26. The second kappa shape index (κ2) is 8.17. The van der Waals surface area contributed by atoms with E-state index in [0.717, 1.165) is 45.1 Å². The maximum atomic E-state index is 12.1. The molecule has 21 heavy (non-hydrogen) atoms. The third-order valence-electron chi connectivity index (χ3n) is 4.39. The van der Waals surface area contributed by atoms with Crippen molar-refractivity contribution in [2.75, 3.05) is 6.54 Å². The molecule has 5 heteroatoms. The first kappa shape index (κ1) is 16.0. The Morgan fingerprint density at radius 3 is 2.81 bits per heavy atom. The standard InChI is InChI=1S/C16H27N3O2/c1-2-3-14(19-9-8-17-12-19)10-16(21)18-11-13-4-6-15(20)7-5-13/h8-9,12-15,20H,2-7,10-11H2,1H3,(H,18,21). The lowest BCUT2D eigenvalue weighted by Crippen LogP contribution is -2.33. The molecule has 0 spiro atoms. The molecular weight excluding hydrogens is 266 g/mol. The van der Waals surface area contributed by atoms with Crippen LogP contribution in [0.25, 0.3) is 0 Å². The van der Waals surface area contributed by atoms with Gasteiger partial charge in [0.05, 0.1) is 12.4 Å². The Balaban J connectivity index is 1.74. The molecular formula is C16H27N3O2. The van der Waals surface area contributed by atoms with Crippen molar-refractivity contribution in [1.29, 1.82) is 0 Å². The van der Waals surface area contributed by atoms with Gasteiger partial charge in [-0.3, -0.25) is 4.79 Å². The van der Waals surface area contributed by atoms with E-state index in [0.29, 0.717) is 12.3 Å². The highest BCUT2D eigenvalue weighted by atomic mass is 16.3. The molecule has 0 saturated heterocycles. The van der Waals surface area contributed by atoms with Crippen LogP contribution in [0.2, 0.25) is 0 Å². The van der Waals surface area contributed by atoms with Gasteiger partial charge in [-0.1, -0.05) is 13.3 Å². The maximum Gasteiger partial charge on any atom is 0.222 e. The zero-order valence-electron chi connectivity index (χ0n) is 12.9. The number of carbonyl (C=O) groups is 1. The van der Waals surface area contributed by atoms with E-state index in [1.807, 2.05) is 10.8 Å². The molecule has 2 rings (SSSR count). The van der Waals surface area contributed by atoms with Gasteiger partial charge < -0.3 is 15.0 Å². The van der Waals surface area contributed by atoms with Gasteiger partial charge >= 0.3 is 0 Å². The van der Waals surface area contributed by atoms with Gasteiger partial charge in [0.2, 0.25) is 5.91 Å². The Morgan fingerprint density at radius 1 is 1.43 bits per heavy atom. The van der Waals surface area contributed by atoms with E-state index in [1.165, 1.54) is 0 Å². The van der Waals surface area contributed by atoms with Crippen molar-refractivity contribution in [3.8, 4) is 0 Å². The Hall–Kier alpha value is -1.36. The minimum atomic E-state index is -0.132. The lowest BCUT2D eigenvalue weighted by atomic mass is 9.87. The van der Waals surface area contributed by atoms with Gasteiger partial charge in [0.1, 0.15) is 0 Å². The third-order valence-corrected chi connectivity index (χ3v) is 4.39. The predicted octanol–water partition coefficient (Wildman–Crippen LogP) is 2.28. The Labute approximate surface area is 126 Å². The second-order valence-electron chi connectivity index (χ2n) is 6.14. The fourth-order valence-corrected chi connectivity index (χ4v) is 3.07. The van der Waals surface area contributed by atoms with E-state index < -0.39 is 0 Å². The van der Waals surface area contributed by atoms with E-state index in [4.69, 9.17) is 0 Å². The topological polar surface area (TPSA) is 67.2 Å². The summed E-state index contributed by atoms with van der Waals surface area (Å²) in [5.74, 6) is 0.642. The van der Waals surface area contributed by atoms with Gasteiger partial charge in [0.25, 0.3) is 0 Å². The normalized spacial score (nSPS) is 23.7. The summed E-state index contributed by atoms with van der Waals surface area (Å²) < 4.78 is 2.03. The molecule has 2 N–H and O–H groups in total. The number of hydrogen-bond acceptors (Lipinski definition) is 3. The van der Waals surface area contributed by atoms with Gasteiger partial charge in [-0.2, -0.15) is 0 Å². The minimum Gasteiger partial charge on any atom is -0.393 e. The SMILES string of the molecule is CCCC(CC(=O)NCC1CCC(O)CC1)n1ccnc1. The maximum absolute atomic E-state index is 12.1. The van der Waals surface area contributed by atoms with Gasteiger partial charge in [0, 0.05) is 31.4 Å². The van der Waals surface area contributed by atoms with Crippen molar-refractivity contribution < 1.29 is 9.90 Å². The molecule has 118 valence electrons. The molecule has 1 fully saturated rings. The zero-order valence-corrected chi connectivity index (χ0v) is 12.9. The van der Waals surface area contributed by atoms with Gasteiger partial charge in [-0.05, 0) is 38.0 Å². The van der Waals surface area contributed by atoms with Gasteiger partial charge in [-0.15, -0.1) is 0 Å². The largest absolute Gasteiger partial charge is 0.393 e. The van der Waals surface area contributed by atoms with Crippen LogP contribution in [-0.4, -0.2) is 33.2 Å². The fourth-order valence-electron chi connectivity index (χ4n) is 3.07. The van der Waals surface area contributed by atoms with Crippen LogP contribution in [-0.2, 0) is 4.79 Å². The minimum absolute atomic E-state index is 0.119. The van der Waals surface area contributed by atoms with Gasteiger partial charge in [0.15, 0.2) is 0 Å².